The molecule has 8 nitrogen and oxygen atoms in total. The lowest BCUT2D eigenvalue weighted by atomic mass is 10.1. The zero-order valence-electron chi connectivity index (χ0n) is 19.0. The van der Waals surface area contributed by atoms with Crippen LogP contribution >= 0.6 is 0 Å². The highest BCUT2D eigenvalue weighted by atomic mass is 16.5. The van der Waals surface area contributed by atoms with E-state index in [0.29, 0.717) is 26.1 Å². The predicted octanol–water partition coefficient (Wildman–Crippen LogP) is 2.99. The first-order valence-corrected chi connectivity index (χ1v) is 11.8. The maximum atomic E-state index is 12.9. The van der Waals surface area contributed by atoms with Gasteiger partial charge in [-0.1, -0.05) is 12.8 Å². The van der Waals surface area contributed by atoms with Gasteiger partial charge in [-0.3, -0.25) is 9.78 Å². The first-order chi connectivity index (χ1) is 15.6. The van der Waals surface area contributed by atoms with E-state index in [1.165, 1.54) is 38.8 Å². The highest BCUT2D eigenvalue weighted by molar-refractivity contribution is 5.76. The molecule has 2 aromatic rings. The van der Waals surface area contributed by atoms with Gasteiger partial charge in [0.1, 0.15) is 6.10 Å². The molecule has 2 aromatic heterocycles. The van der Waals surface area contributed by atoms with Gasteiger partial charge in [0.05, 0.1) is 18.8 Å². The third-order valence-electron chi connectivity index (χ3n) is 6.29. The number of nitrogen functional groups attached to an aromatic ring is 1. The number of hydrogen-bond acceptors (Lipinski definition) is 7. The van der Waals surface area contributed by atoms with Crippen LogP contribution in [0.15, 0.2) is 24.5 Å². The molecule has 2 saturated heterocycles. The molecule has 1 atom stereocenters. The molecular formula is C24H34N6O2. The minimum Gasteiger partial charge on any atom is -0.368 e. The van der Waals surface area contributed by atoms with Crippen molar-refractivity contribution in [2.24, 2.45) is 0 Å². The van der Waals surface area contributed by atoms with Crippen molar-refractivity contribution in [1.29, 1.82) is 0 Å². The van der Waals surface area contributed by atoms with Crippen molar-refractivity contribution < 1.29 is 9.53 Å². The molecule has 8 heteroatoms. The Morgan fingerprint density at radius 2 is 1.84 bits per heavy atom. The van der Waals surface area contributed by atoms with E-state index < -0.39 is 0 Å². The number of amides is 1. The van der Waals surface area contributed by atoms with Gasteiger partial charge in [-0.25, -0.2) is 9.97 Å². The number of nitrogens with zero attached hydrogens (tertiary/aromatic N) is 5. The quantitative estimate of drug-likeness (QED) is 0.740. The summed E-state index contributed by atoms with van der Waals surface area (Å²) in [5.74, 6) is 0.466. The van der Waals surface area contributed by atoms with Crippen LogP contribution in [-0.2, 0) is 9.53 Å². The first-order valence-electron chi connectivity index (χ1n) is 11.8. The molecule has 32 heavy (non-hydrogen) atoms. The first kappa shape index (κ1) is 22.6. The van der Waals surface area contributed by atoms with E-state index in [1.807, 2.05) is 24.0 Å². The molecule has 0 unspecified atom stereocenters. The van der Waals surface area contributed by atoms with Crippen LogP contribution in [0.25, 0.3) is 11.1 Å². The number of morpholine rings is 1. The molecule has 0 bridgehead atoms. The van der Waals surface area contributed by atoms with Crippen molar-refractivity contribution in [3.8, 4) is 11.1 Å². The Kier molecular flexibility index (Phi) is 7.65. The van der Waals surface area contributed by atoms with Crippen molar-refractivity contribution in [3.63, 3.8) is 0 Å². The van der Waals surface area contributed by atoms with Crippen LogP contribution in [0.1, 0.15) is 56.0 Å². The third kappa shape index (κ3) is 6.01. The monoisotopic (exact) mass is 438 g/mol. The lowest BCUT2D eigenvalue weighted by molar-refractivity contribution is -0.139. The van der Waals surface area contributed by atoms with E-state index in [0.717, 1.165) is 35.5 Å². The Labute approximate surface area is 190 Å². The lowest BCUT2D eigenvalue weighted by Crippen LogP contribution is -2.42. The molecule has 0 aromatic carbocycles. The highest BCUT2D eigenvalue weighted by Gasteiger charge is 2.26. The molecule has 0 radical (unpaired) electrons. The van der Waals surface area contributed by atoms with Gasteiger partial charge in [0.2, 0.25) is 11.9 Å². The third-order valence-corrected chi connectivity index (χ3v) is 6.29. The summed E-state index contributed by atoms with van der Waals surface area (Å²) in [6.45, 7) is 7.03. The number of hydrogen-bond donors (Lipinski definition) is 1. The number of ether oxygens (including phenoxy) is 1. The minimum atomic E-state index is -0.230. The van der Waals surface area contributed by atoms with Crippen LogP contribution in [0, 0.1) is 6.92 Å². The maximum Gasteiger partial charge on any atom is 0.222 e. The van der Waals surface area contributed by atoms with Crippen LogP contribution in [-0.4, -0.2) is 70.0 Å². The van der Waals surface area contributed by atoms with Gasteiger partial charge in [0.15, 0.2) is 0 Å². The summed E-state index contributed by atoms with van der Waals surface area (Å²) in [5, 5.41) is 0. The molecule has 2 aliphatic rings. The van der Waals surface area contributed by atoms with Gasteiger partial charge in [0, 0.05) is 36.6 Å². The number of rotatable bonds is 6. The van der Waals surface area contributed by atoms with E-state index in [9.17, 15) is 4.79 Å². The Morgan fingerprint density at radius 1 is 1.09 bits per heavy atom. The number of aryl methyl sites for hydroxylation is 1. The van der Waals surface area contributed by atoms with Crippen LogP contribution in [0.4, 0.5) is 5.95 Å². The molecule has 4 rings (SSSR count). The number of nitrogens with two attached hydrogens (primary N) is 1. The smallest absolute Gasteiger partial charge is 0.222 e. The second-order valence-corrected chi connectivity index (χ2v) is 8.81. The number of pyridine rings is 1. The molecule has 1 amide bonds. The number of aromatic nitrogens is 3. The largest absolute Gasteiger partial charge is 0.368 e. The van der Waals surface area contributed by atoms with Crippen LogP contribution < -0.4 is 5.73 Å². The summed E-state index contributed by atoms with van der Waals surface area (Å²) in [5.41, 5.74) is 9.18. The van der Waals surface area contributed by atoms with Gasteiger partial charge in [0.25, 0.3) is 0 Å². The molecule has 2 N–H and O–H groups in total. The van der Waals surface area contributed by atoms with Crippen LogP contribution in [0.5, 0.6) is 0 Å². The van der Waals surface area contributed by atoms with E-state index in [-0.39, 0.29) is 18.0 Å². The van der Waals surface area contributed by atoms with E-state index in [1.54, 1.807) is 12.4 Å². The van der Waals surface area contributed by atoms with Gasteiger partial charge in [-0.05, 0) is 63.5 Å². The summed E-state index contributed by atoms with van der Waals surface area (Å²) in [7, 11) is 0. The Balaban J connectivity index is 1.36. The van der Waals surface area contributed by atoms with Crippen LogP contribution in [0.2, 0.25) is 0 Å². The predicted molar refractivity (Wildman–Crippen MR) is 124 cm³/mol. The highest BCUT2D eigenvalue weighted by Crippen LogP contribution is 2.27. The molecule has 172 valence electrons. The molecule has 0 spiro atoms. The second-order valence-electron chi connectivity index (χ2n) is 8.81. The number of carbonyl (C=O) groups excluding carboxylic acids is 1. The van der Waals surface area contributed by atoms with Crippen LogP contribution in [0.3, 0.4) is 0 Å². The Bertz CT molecular complexity index is 896. The van der Waals surface area contributed by atoms with Gasteiger partial charge >= 0.3 is 0 Å². The van der Waals surface area contributed by atoms with Gasteiger partial charge in [-0.2, -0.15) is 0 Å². The Hall–Kier alpha value is -2.58. The maximum absolute atomic E-state index is 12.9. The van der Waals surface area contributed by atoms with Crippen molar-refractivity contribution in [2.75, 3.05) is 45.1 Å². The molecule has 4 heterocycles. The normalized spacial score (nSPS) is 20.2. The fourth-order valence-corrected chi connectivity index (χ4v) is 4.54. The topological polar surface area (TPSA) is 97.5 Å². The minimum absolute atomic E-state index is 0.216. The van der Waals surface area contributed by atoms with Gasteiger partial charge in [-0.15, -0.1) is 0 Å². The molecular weight excluding hydrogens is 404 g/mol. The summed E-state index contributed by atoms with van der Waals surface area (Å²) >= 11 is 0. The van der Waals surface area contributed by atoms with Gasteiger partial charge < -0.3 is 20.3 Å². The summed E-state index contributed by atoms with van der Waals surface area (Å²) < 4.78 is 6.01. The van der Waals surface area contributed by atoms with E-state index >= 15 is 0 Å². The zero-order valence-corrected chi connectivity index (χ0v) is 19.0. The number of likely N-dealkylation sites (tertiary alicyclic amines) is 1. The van der Waals surface area contributed by atoms with E-state index in [2.05, 4.69) is 14.9 Å². The number of carbonyl (C=O) groups is 1. The lowest BCUT2D eigenvalue weighted by Gasteiger charge is -2.33. The molecule has 2 aliphatic heterocycles. The zero-order chi connectivity index (χ0) is 22.3. The summed E-state index contributed by atoms with van der Waals surface area (Å²) in [6.07, 6.45) is 9.95. The SMILES string of the molecule is Cc1cc(-c2cnc(N)nc2)cc([C@H]2CN(C(=O)CCCN3CCCCCC3)CCO2)n1. The van der Waals surface area contributed by atoms with Crippen molar-refractivity contribution >= 4 is 11.9 Å². The molecule has 0 saturated carbocycles. The van der Waals surface area contributed by atoms with Crippen molar-refractivity contribution in [3.05, 3.63) is 35.9 Å². The molecule has 0 aliphatic carbocycles. The average molecular weight is 439 g/mol. The van der Waals surface area contributed by atoms with Crippen molar-refractivity contribution in [1.82, 2.24) is 24.8 Å². The molecule has 2 fully saturated rings. The average Bonchev–Trinajstić information content (AvgIpc) is 3.08. The summed E-state index contributed by atoms with van der Waals surface area (Å²) in [4.78, 5) is 30.2. The standard InChI is InChI=1S/C24H34N6O2/c1-18-13-19(20-15-26-24(25)27-16-20)14-21(28-18)22-17-30(11-12-32-22)23(31)7-6-10-29-8-4-2-3-5-9-29/h13-16,22H,2-12,17H2,1H3,(H2,25,26,27)/t22-/m1/s1. The number of anilines is 1. The second kappa shape index (κ2) is 10.8. The van der Waals surface area contributed by atoms with Crippen molar-refractivity contribution in [2.45, 2.75) is 51.6 Å². The Morgan fingerprint density at radius 3 is 2.59 bits per heavy atom. The summed E-state index contributed by atoms with van der Waals surface area (Å²) in [6, 6.07) is 3.99. The van der Waals surface area contributed by atoms with E-state index in [4.69, 9.17) is 15.5 Å². The fourth-order valence-electron chi connectivity index (χ4n) is 4.54. The fraction of sp³-hybridized carbons (Fsp3) is 0.583.